The number of hydrogen-bond acceptors (Lipinski definition) is 6. The Bertz CT molecular complexity index is 1070. The van der Waals surface area contributed by atoms with Gasteiger partial charge in [0, 0.05) is 17.9 Å². The second kappa shape index (κ2) is 12.6. The van der Waals surface area contributed by atoms with E-state index in [0.717, 1.165) is 48.0 Å². The third-order valence-corrected chi connectivity index (χ3v) is 13.7. The first-order valence-corrected chi connectivity index (χ1v) is 16.6. The topological polar surface area (TPSA) is 74.3 Å². The minimum atomic E-state index is -1.89. The molecule has 8 nitrogen and oxygen atoms in total. The van der Waals surface area contributed by atoms with Crippen LogP contribution in [0, 0.1) is 11.8 Å². The minimum absolute atomic E-state index is 0. The van der Waals surface area contributed by atoms with Crippen LogP contribution >= 0.6 is 0 Å². The number of carbonyl (C=O) groups excluding carboxylic acids is 2. The van der Waals surface area contributed by atoms with Crippen LogP contribution in [0.25, 0.3) is 0 Å². The van der Waals surface area contributed by atoms with E-state index in [0.29, 0.717) is 10.3 Å². The highest BCUT2D eigenvalue weighted by molar-refractivity contribution is 6.73. The molecule has 2 saturated heterocycles. The lowest BCUT2D eigenvalue weighted by molar-refractivity contribution is -1.06. The summed E-state index contributed by atoms with van der Waals surface area (Å²) < 4.78 is 18.2. The molecule has 3 aliphatic rings. The van der Waals surface area contributed by atoms with E-state index in [-0.39, 0.29) is 66.6 Å². The number of hydroxylamine groups is 3. The van der Waals surface area contributed by atoms with Gasteiger partial charge in [-0.2, -0.15) is 9.48 Å². The molecule has 0 aromatic heterocycles. The number of benzene rings is 1. The van der Waals surface area contributed by atoms with Gasteiger partial charge in [0.05, 0.1) is 39.3 Å². The number of esters is 1. The summed E-state index contributed by atoms with van der Waals surface area (Å²) in [5, 5.41) is 0. The van der Waals surface area contributed by atoms with Crippen molar-refractivity contribution >= 4 is 20.2 Å². The van der Waals surface area contributed by atoms with Crippen molar-refractivity contribution in [1.29, 1.82) is 0 Å². The van der Waals surface area contributed by atoms with Crippen molar-refractivity contribution < 1.29 is 56.9 Å². The van der Waals surface area contributed by atoms with E-state index in [1.54, 1.807) is 12.0 Å². The smallest absolute Gasteiger partial charge is 0.355 e. The van der Waals surface area contributed by atoms with Crippen LogP contribution < -0.4 is 28.7 Å². The first-order chi connectivity index (χ1) is 18.0. The molecule has 2 fully saturated rings. The average Bonchev–Trinajstić information content (AvgIpc) is 3.39. The second-order valence-corrected chi connectivity index (χ2v) is 16.2. The molecule has 0 saturated carbocycles. The van der Waals surface area contributed by atoms with Gasteiger partial charge in [0.15, 0.2) is 8.32 Å². The molecule has 0 N–H and O–H groups in total. The van der Waals surface area contributed by atoms with E-state index in [2.05, 4.69) is 27.7 Å². The first kappa shape index (κ1) is 32.0. The van der Waals surface area contributed by atoms with E-state index in [9.17, 15) is 9.59 Å². The molecule has 0 bridgehead atoms. The predicted octanol–water partition coefficient (Wildman–Crippen LogP) is 1.66. The van der Waals surface area contributed by atoms with Gasteiger partial charge in [-0.05, 0) is 42.8 Å². The number of ether oxygens (including phenoxy) is 2. The van der Waals surface area contributed by atoms with Crippen LogP contribution in [-0.2, 0) is 30.2 Å². The largest absolute Gasteiger partial charge is 1.00 e. The SMILES string of the molecule is CC[Si](CC)(CC)O[C@H](C)[C@H]1C(=O)N2C(C(=O)OCc3ccc(OC)cc3)=C([C@H]3CC[N+](C)(C)O3)[C@H](C)[C@H]12.[I-]. The molecular weight excluding hydrogens is 627 g/mol. The van der Waals surface area contributed by atoms with Gasteiger partial charge in [-0.3, -0.25) is 4.79 Å². The Kier molecular flexibility index (Phi) is 10.3. The highest BCUT2D eigenvalue weighted by Crippen LogP contribution is 2.51. The highest BCUT2D eigenvalue weighted by Gasteiger charge is 2.62. The molecule has 3 aliphatic heterocycles. The molecule has 39 heavy (non-hydrogen) atoms. The summed E-state index contributed by atoms with van der Waals surface area (Å²) in [6, 6.07) is 10.4. The van der Waals surface area contributed by atoms with Crippen molar-refractivity contribution in [3.05, 3.63) is 41.1 Å². The minimum Gasteiger partial charge on any atom is -1.00 e. The van der Waals surface area contributed by atoms with Crippen LogP contribution in [-0.4, -0.2) is 75.7 Å². The number of fused-ring (bicyclic) bond motifs is 1. The number of nitrogens with zero attached hydrogens (tertiary/aromatic N) is 2. The highest BCUT2D eigenvalue weighted by atomic mass is 127. The molecule has 218 valence electrons. The van der Waals surface area contributed by atoms with Crippen molar-refractivity contribution in [2.45, 2.75) is 84.0 Å². The number of methoxy groups -OCH3 is 1. The van der Waals surface area contributed by atoms with Crippen molar-refractivity contribution in [3.8, 4) is 5.75 Å². The van der Waals surface area contributed by atoms with Crippen LogP contribution in [0.4, 0.5) is 0 Å². The van der Waals surface area contributed by atoms with Gasteiger partial charge in [-0.25, -0.2) is 4.79 Å². The Morgan fingerprint density at radius 3 is 2.28 bits per heavy atom. The Morgan fingerprint density at radius 1 is 1.15 bits per heavy atom. The molecule has 4 rings (SSSR count). The first-order valence-electron chi connectivity index (χ1n) is 14.1. The molecule has 0 radical (unpaired) electrons. The van der Waals surface area contributed by atoms with Crippen molar-refractivity contribution in [3.63, 3.8) is 0 Å². The van der Waals surface area contributed by atoms with E-state index >= 15 is 0 Å². The lowest BCUT2D eigenvalue weighted by Crippen LogP contribution is -3.00. The van der Waals surface area contributed by atoms with Gasteiger partial charge in [-0.15, -0.1) is 0 Å². The molecule has 3 heterocycles. The molecule has 0 spiro atoms. The summed E-state index contributed by atoms with van der Waals surface area (Å²) >= 11 is 0. The van der Waals surface area contributed by atoms with Gasteiger partial charge < -0.3 is 42.8 Å². The van der Waals surface area contributed by atoms with E-state index in [1.165, 1.54) is 0 Å². The average molecular weight is 673 g/mol. The van der Waals surface area contributed by atoms with Gasteiger partial charge >= 0.3 is 5.97 Å². The predicted molar refractivity (Wildman–Crippen MR) is 147 cm³/mol. The zero-order valence-electron chi connectivity index (χ0n) is 24.7. The fraction of sp³-hybridized carbons (Fsp3) is 0.655. The van der Waals surface area contributed by atoms with E-state index in [4.69, 9.17) is 18.7 Å². The standard InChI is InChI=1S/C29H45N2O6Si.HI/c1-9-38(10-2,11-3)37-20(5)25-26-19(4)24(23-16-17-31(6,7)36-23)27(30(26)28(25)32)29(33)35-18-21-12-14-22(34-8)15-13-21;/h12-15,19-20,23,25-26H,9-11,16-18H2,1-8H3;1H/q+1;/p-1/t19-,20+,23+,25+,26+;/m0./s1. The third-order valence-electron chi connectivity index (χ3n) is 8.99. The van der Waals surface area contributed by atoms with Crippen LogP contribution in [0.5, 0.6) is 5.75 Å². The van der Waals surface area contributed by atoms with Crippen LogP contribution in [0.15, 0.2) is 35.5 Å². The summed E-state index contributed by atoms with van der Waals surface area (Å²) in [7, 11) is 3.76. The van der Waals surface area contributed by atoms with Crippen LogP contribution in [0.2, 0.25) is 18.1 Å². The zero-order chi connectivity index (χ0) is 27.8. The van der Waals surface area contributed by atoms with E-state index < -0.39 is 14.3 Å². The van der Waals surface area contributed by atoms with Gasteiger partial charge in [-0.1, -0.05) is 39.8 Å². The maximum absolute atomic E-state index is 13.7. The number of rotatable bonds is 11. The van der Waals surface area contributed by atoms with Crippen molar-refractivity contribution in [1.82, 2.24) is 4.90 Å². The van der Waals surface area contributed by atoms with Crippen molar-refractivity contribution in [2.75, 3.05) is 27.7 Å². The maximum Gasteiger partial charge on any atom is 0.355 e. The summed E-state index contributed by atoms with van der Waals surface area (Å²) in [4.78, 5) is 35.3. The maximum atomic E-state index is 13.7. The summed E-state index contributed by atoms with van der Waals surface area (Å²) in [6.07, 6.45) is 0.379. The van der Waals surface area contributed by atoms with Gasteiger partial charge in [0.25, 0.3) is 0 Å². The lowest BCUT2D eigenvalue weighted by Gasteiger charge is -2.49. The van der Waals surface area contributed by atoms with Crippen LogP contribution in [0.3, 0.4) is 0 Å². The number of hydrogen-bond donors (Lipinski definition) is 0. The Balaban J connectivity index is 0.00000420. The van der Waals surface area contributed by atoms with Crippen molar-refractivity contribution in [2.24, 2.45) is 11.8 Å². The zero-order valence-corrected chi connectivity index (χ0v) is 27.8. The lowest BCUT2D eigenvalue weighted by atomic mass is 9.77. The quantitative estimate of drug-likeness (QED) is 0.117. The molecule has 0 aliphatic carbocycles. The number of amides is 1. The molecule has 1 aromatic carbocycles. The Morgan fingerprint density at radius 2 is 1.77 bits per heavy atom. The summed E-state index contributed by atoms with van der Waals surface area (Å²) in [6.45, 7) is 11.7. The molecule has 10 heteroatoms. The number of halogens is 1. The van der Waals surface area contributed by atoms with Crippen LogP contribution in [0.1, 0.15) is 46.6 Å². The monoisotopic (exact) mass is 672 g/mol. The molecular formula is C29H45IN2O6Si. The fourth-order valence-electron chi connectivity index (χ4n) is 6.50. The second-order valence-electron chi connectivity index (χ2n) is 11.5. The van der Waals surface area contributed by atoms with Gasteiger partial charge in [0.2, 0.25) is 5.91 Å². The Labute approximate surface area is 251 Å². The third kappa shape index (κ3) is 6.09. The molecule has 0 unspecified atom stereocenters. The number of quaternary nitrogens is 1. The summed E-state index contributed by atoms with van der Waals surface area (Å²) in [5.74, 6) is -0.0559. The molecule has 1 amide bonds. The normalized spacial score (nSPS) is 26.6. The van der Waals surface area contributed by atoms with E-state index in [1.807, 2.05) is 45.3 Å². The number of β-lactam (4-membered cyclic amide) rings is 1. The Hall–Kier alpha value is -1.47. The number of carbonyl (C=O) groups is 2. The summed E-state index contributed by atoms with van der Waals surface area (Å²) in [5.41, 5.74) is 2.13. The molecule has 5 atom stereocenters. The molecule has 1 aromatic rings. The van der Waals surface area contributed by atoms with Gasteiger partial charge in [0.1, 0.15) is 30.7 Å². The fourth-order valence-corrected chi connectivity index (χ4v) is 9.44.